The van der Waals surface area contributed by atoms with Gasteiger partial charge >= 0.3 is 0 Å². The number of nitrogens with zero attached hydrogens (tertiary/aromatic N) is 3. The smallest absolute Gasteiger partial charge is 0.179 e. The van der Waals surface area contributed by atoms with Crippen LogP contribution in [0.1, 0.15) is 11.1 Å². The topological polar surface area (TPSA) is 52.5 Å². The second-order valence-corrected chi connectivity index (χ2v) is 15.8. The summed E-state index contributed by atoms with van der Waals surface area (Å²) in [5, 5.41) is 27.1. The van der Waals surface area contributed by atoms with Gasteiger partial charge in [0.25, 0.3) is 0 Å². The molecule has 0 fully saturated rings. The predicted molar refractivity (Wildman–Crippen MR) is 199 cm³/mol. The van der Waals surface area contributed by atoms with Crippen LogP contribution < -0.4 is 20.7 Å². The van der Waals surface area contributed by atoms with Gasteiger partial charge in [-0.1, -0.05) is 140 Å². The molecule has 1 aromatic heterocycles. The summed E-state index contributed by atoms with van der Waals surface area (Å²) in [7, 11) is -2.75. The van der Waals surface area contributed by atoms with Gasteiger partial charge in [-0.25, -0.2) is 0 Å². The summed E-state index contributed by atoms with van der Waals surface area (Å²) in [6.07, 6.45) is 0. The summed E-state index contributed by atoms with van der Waals surface area (Å²) in [6.45, 7) is 0. The fourth-order valence-corrected chi connectivity index (χ4v) is 12.1. The SMILES string of the molecule is N#Cc1ccc(-c2cccc([Si](c3ccccc3)(c3ccccc3)c3ccccc3)c2)c(-n2c3ccccc3c3cc(C#N)ccc32)c1. The van der Waals surface area contributed by atoms with E-state index in [1.54, 1.807) is 0 Å². The second kappa shape index (κ2) is 12.0. The lowest BCUT2D eigenvalue weighted by molar-refractivity contribution is 1.18. The van der Waals surface area contributed by atoms with Crippen molar-refractivity contribution < 1.29 is 0 Å². The van der Waals surface area contributed by atoms with Crippen LogP contribution in [0.3, 0.4) is 0 Å². The molecule has 0 amide bonds. The summed E-state index contributed by atoms with van der Waals surface area (Å²) in [5.74, 6) is 0. The first-order valence-electron chi connectivity index (χ1n) is 16.0. The normalized spacial score (nSPS) is 11.3. The van der Waals surface area contributed by atoms with E-state index in [-0.39, 0.29) is 0 Å². The van der Waals surface area contributed by atoms with Crippen LogP contribution in [0, 0.1) is 22.7 Å². The van der Waals surface area contributed by atoms with Crippen LogP contribution in [0.4, 0.5) is 0 Å². The van der Waals surface area contributed by atoms with Gasteiger partial charge in [0.2, 0.25) is 0 Å². The second-order valence-electron chi connectivity index (χ2n) is 12.0. The fraction of sp³-hybridized carbons (Fsp3) is 0. The third-order valence-electron chi connectivity index (χ3n) is 9.40. The number of para-hydroxylation sites is 1. The van der Waals surface area contributed by atoms with Crippen molar-refractivity contribution >= 4 is 50.6 Å². The third kappa shape index (κ3) is 4.64. The largest absolute Gasteiger partial charge is 0.309 e. The van der Waals surface area contributed by atoms with E-state index in [0.29, 0.717) is 11.1 Å². The summed E-state index contributed by atoms with van der Waals surface area (Å²) in [4.78, 5) is 0. The highest BCUT2D eigenvalue weighted by Crippen LogP contribution is 2.37. The quantitative estimate of drug-likeness (QED) is 0.141. The van der Waals surface area contributed by atoms with E-state index in [1.807, 2.05) is 42.5 Å². The monoisotopic (exact) mass is 627 g/mol. The highest BCUT2D eigenvalue weighted by molar-refractivity contribution is 7.19. The minimum atomic E-state index is -2.75. The number of rotatable bonds is 6. The highest BCUT2D eigenvalue weighted by Gasteiger charge is 2.41. The van der Waals surface area contributed by atoms with Crippen LogP contribution in [0.25, 0.3) is 38.6 Å². The van der Waals surface area contributed by atoms with Crippen LogP contribution in [0.5, 0.6) is 0 Å². The lowest BCUT2D eigenvalue weighted by Crippen LogP contribution is -2.74. The van der Waals surface area contributed by atoms with Gasteiger partial charge in [0.1, 0.15) is 0 Å². The third-order valence-corrected chi connectivity index (χ3v) is 14.2. The molecule has 1 heterocycles. The van der Waals surface area contributed by atoms with E-state index < -0.39 is 8.07 Å². The van der Waals surface area contributed by atoms with Gasteiger partial charge in [0.15, 0.2) is 8.07 Å². The van der Waals surface area contributed by atoms with Crippen LogP contribution in [0.15, 0.2) is 176 Å². The Kier molecular flexibility index (Phi) is 7.27. The molecule has 0 radical (unpaired) electrons. The molecule has 0 saturated heterocycles. The van der Waals surface area contributed by atoms with Crippen molar-refractivity contribution in [1.29, 1.82) is 10.5 Å². The van der Waals surface area contributed by atoms with Crippen LogP contribution >= 0.6 is 0 Å². The maximum Gasteiger partial charge on any atom is 0.179 e. The van der Waals surface area contributed by atoms with Gasteiger partial charge in [-0.3, -0.25) is 0 Å². The molecule has 0 aliphatic heterocycles. The zero-order valence-electron chi connectivity index (χ0n) is 26.1. The molecule has 7 aromatic carbocycles. The zero-order chi connectivity index (χ0) is 32.5. The standard InChI is InChI=1S/C44H29N3Si/c45-30-32-24-26-43-41(27-32)40-21-10-11-22-42(40)47(43)44-28-33(31-46)23-25-39(44)34-13-12-20-38(29-34)48(35-14-4-1-5-15-35,36-16-6-2-7-17-36)37-18-8-3-9-19-37/h1-29H. The molecule has 0 unspecified atom stereocenters. The molecule has 0 N–H and O–H groups in total. The summed E-state index contributed by atoms with van der Waals surface area (Å²) in [5.41, 5.74) is 6.25. The van der Waals surface area contributed by atoms with Gasteiger partial charge in [-0.2, -0.15) is 10.5 Å². The molecule has 0 aliphatic rings. The van der Waals surface area contributed by atoms with E-state index in [0.717, 1.165) is 38.6 Å². The number of nitriles is 2. The van der Waals surface area contributed by atoms with Crippen LogP contribution in [0.2, 0.25) is 0 Å². The number of hydrogen-bond donors (Lipinski definition) is 0. The molecule has 4 heteroatoms. The Hall–Kier alpha value is -6.46. The molecule has 48 heavy (non-hydrogen) atoms. The van der Waals surface area contributed by atoms with Crippen LogP contribution in [-0.4, -0.2) is 12.6 Å². The van der Waals surface area contributed by atoms with Gasteiger partial charge in [-0.05, 0) is 62.7 Å². The summed E-state index contributed by atoms with van der Waals surface area (Å²) < 4.78 is 2.24. The maximum atomic E-state index is 10.1. The van der Waals surface area contributed by atoms with Crippen molar-refractivity contribution in [3.63, 3.8) is 0 Å². The van der Waals surface area contributed by atoms with Crippen molar-refractivity contribution in [3.8, 4) is 29.0 Å². The molecule has 0 spiro atoms. The van der Waals surface area contributed by atoms with Gasteiger partial charge in [-0.15, -0.1) is 0 Å². The minimum absolute atomic E-state index is 0.589. The molecule has 0 bridgehead atoms. The molecule has 0 saturated carbocycles. The predicted octanol–water partition coefficient (Wildman–Crippen LogP) is 7.57. The average Bonchev–Trinajstić information content (AvgIpc) is 3.50. The molecule has 0 aliphatic carbocycles. The van der Waals surface area contributed by atoms with E-state index in [4.69, 9.17) is 0 Å². The number of hydrogen-bond acceptors (Lipinski definition) is 2. The first-order valence-corrected chi connectivity index (χ1v) is 18.0. The molecule has 8 rings (SSSR count). The molecular weight excluding hydrogens is 599 g/mol. The lowest BCUT2D eigenvalue weighted by Gasteiger charge is -2.34. The molecule has 224 valence electrons. The van der Waals surface area contributed by atoms with Crippen molar-refractivity contribution in [2.75, 3.05) is 0 Å². The Balaban J connectivity index is 1.43. The molecule has 3 nitrogen and oxygen atoms in total. The zero-order valence-corrected chi connectivity index (χ0v) is 27.1. The van der Waals surface area contributed by atoms with E-state index in [1.165, 1.54) is 20.7 Å². The van der Waals surface area contributed by atoms with Crippen molar-refractivity contribution in [3.05, 3.63) is 187 Å². The number of aromatic nitrogens is 1. The summed E-state index contributed by atoms with van der Waals surface area (Å²) in [6, 6.07) is 66.6. The number of fused-ring (bicyclic) bond motifs is 3. The van der Waals surface area contributed by atoms with Gasteiger partial charge in [0, 0.05) is 16.3 Å². The van der Waals surface area contributed by atoms with Crippen molar-refractivity contribution in [2.24, 2.45) is 0 Å². The Morgan fingerprint density at radius 1 is 0.417 bits per heavy atom. The van der Waals surface area contributed by atoms with E-state index in [9.17, 15) is 10.5 Å². The van der Waals surface area contributed by atoms with Gasteiger partial charge in [0.05, 0.1) is 40.0 Å². The van der Waals surface area contributed by atoms with Gasteiger partial charge < -0.3 is 4.57 Å². The molecular formula is C44H29N3Si. The Morgan fingerprint density at radius 2 is 0.938 bits per heavy atom. The van der Waals surface area contributed by atoms with Crippen LogP contribution in [-0.2, 0) is 0 Å². The average molecular weight is 628 g/mol. The Morgan fingerprint density at radius 3 is 1.56 bits per heavy atom. The van der Waals surface area contributed by atoms with Crippen molar-refractivity contribution in [1.82, 2.24) is 4.57 Å². The summed E-state index contributed by atoms with van der Waals surface area (Å²) >= 11 is 0. The first-order chi connectivity index (χ1) is 23.7. The number of benzene rings is 7. The molecule has 0 atom stereocenters. The maximum absolute atomic E-state index is 10.1. The molecule has 8 aromatic rings. The fourth-order valence-electron chi connectivity index (χ4n) is 7.32. The lowest BCUT2D eigenvalue weighted by atomic mass is 10.0. The first kappa shape index (κ1) is 29.0. The highest BCUT2D eigenvalue weighted by atomic mass is 28.3. The van der Waals surface area contributed by atoms with Crippen molar-refractivity contribution in [2.45, 2.75) is 0 Å². The minimum Gasteiger partial charge on any atom is -0.309 e. The Labute approximate surface area is 280 Å². The Bertz CT molecular complexity index is 2430. The van der Waals surface area contributed by atoms with E-state index >= 15 is 0 Å². The van der Waals surface area contributed by atoms with E-state index in [2.05, 4.69) is 150 Å².